The number of carbonyl (C=O) groups is 3. The van der Waals surface area contributed by atoms with Crippen molar-refractivity contribution in [1.82, 2.24) is 0 Å². The smallest absolute Gasteiger partial charge is 0.335 e. The number of aldehydes is 1. The highest BCUT2D eigenvalue weighted by atomic mass is 16.8. The number of rotatable bonds is 18. The second-order valence-corrected chi connectivity index (χ2v) is 34.0. The Labute approximate surface area is 621 Å². The summed E-state index contributed by atoms with van der Waals surface area (Å²) in [5.74, 6) is -4.03. The zero-order valence-corrected chi connectivity index (χ0v) is 61.5. The first-order chi connectivity index (χ1) is 50.6. The Balaban J connectivity index is 0.797. The van der Waals surface area contributed by atoms with Gasteiger partial charge in [-0.3, -0.25) is 4.79 Å². The number of carboxylic acid groups (broad SMARTS) is 1. The van der Waals surface area contributed by atoms with E-state index in [0.29, 0.717) is 38.5 Å². The Morgan fingerprint density at radius 2 is 0.981 bits per heavy atom. The number of aliphatic hydroxyl groups is 19. The third-order valence-electron chi connectivity index (χ3n) is 27.2. The molecule has 4 saturated carbocycles. The maximum atomic E-state index is 16.1. The molecule has 7 saturated heterocycles. The predicted octanol–water partition coefficient (Wildman–Crippen LogP) is -6.60. The number of aliphatic carboxylic acids is 1. The van der Waals surface area contributed by atoms with Crippen LogP contribution in [0.4, 0.5) is 0 Å². The van der Waals surface area contributed by atoms with Crippen LogP contribution in [0.5, 0.6) is 0 Å². The van der Waals surface area contributed by atoms with Gasteiger partial charge in [-0.15, -0.1) is 0 Å². The van der Waals surface area contributed by atoms with Crippen LogP contribution in [-0.4, -0.2) is 361 Å². The monoisotopic (exact) mass is 1560 g/mol. The van der Waals surface area contributed by atoms with Crippen LogP contribution >= 0.6 is 0 Å². The van der Waals surface area contributed by atoms with Crippen LogP contribution in [0.3, 0.4) is 0 Å². The Kier molecular flexibility index (Phi) is 24.7. The van der Waals surface area contributed by atoms with Crippen molar-refractivity contribution in [2.75, 3.05) is 19.8 Å². The van der Waals surface area contributed by atoms with Crippen molar-refractivity contribution >= 4 is 18.2 Å². The summed E-state index contributed by atoms with van der Waals surface area (Å²) in [5.41, 5.74) is -4.85. The lowest BCUT2D eigenvalue weighted by molar-refractivity contribution is -0.389. The number of aliphatic hydroxyl groups excluding tert-OH is 19. The SMILES string of the molecule is C[C@@H]1O[C@H](O[C@H]2[C@@H](O)[C@H](O[C@H]3O[C@H](C)[C@@H](O[C@H]4OC[C@H](O)[C@@H](O[C@H]5O[C@@H](CO)[C@H](O)[C@@H](O)[C@@H]5O)[C@@H]4O)[C@H](O)[C@@H]3O)[C@@H](OC(=O)[C@@]34CCC(C)(C)C[C@@H]3C3=CCC5[C@]6(C)CC[C@@H](O[C@H]7O[C@@H](C(=O)O)[C@H](O)[C@@H](O)[C@@H]7O[C@H]7O[C@@H](CO)[C@@H](O)[C@@H](O)[C@@H]7O)[C@](C)(C=O)C6CC[C@]5(C)[C@@]3(C)C[C@@H]4O)O[C@H]2C)[C@@H](O)[C@H](O)[C@@H]1O. The van der Waals surface area contributed by atoms with E-state index in [2.05, 4.69) is 40.7 Å². The Hall–Kier alpha value is -2.93. The summed E-state index contributed by atoms with van der Waals surface area (Å²) in [4.78, 5) is 42.6. The highest BCUT2D eigenvalue weighted by Gasteiger charge is 2.73. The maximum absolute atomic E-state index is 16.1. The van der Waals surface area contributed by atoms with Gasteiger partial charge < -0.3 is 173 Å². The fourth-order valence-corrected chi connectivity index (χ4v) is 20.5. The highest BCUT2D eigenvalue weighted by molar-refractivity contribution is 5.80. The zero-order chi connectivity index (χ0) is 79.0. The van der Waals surface area contributed by atoms with Crippen LogP contribution in [-0.2, 0) is 80.7 Å². The largest absolute Gasteiger partial charge is 0.479 e. The molecule has 0 radical (unpaired) electrons. The quantitative estimate of drug-likeness (QED) is 0.0263. The lowest BCUT2D eigenvalue weighted by atomic mass is 9.33. The molecule has 12 rings (SSSR count). The van der Waals surface area contributed by atoms with Gasteiger partial charge in [-0.05, 0) is 118 Å². The molecule has 618 valence electrons. The summed E-state index contributed by atoms with van der Waals surface area (Å²) >= 11 is 0. The van der Waals surface area contributed by atoms with Crippen LogP contribution < -0.4 is 0 Å². The van der Waals surface area contributed by atoms with Gasteiger partial charge >= 0.3 is 11.9 Å². The summed E-state index contributed by atoms with van der Waals surface area (Å²) in [5, 5.41) is 221. The summed E-state index contributed by atoms with van der Waals surface area (Å²) in [6, 6.07) is 0. The van der Waals surface area contributed by atoms with E-state index in [1.807, 2.05) is 0 Å². The van der Waals surface area contributed by atoms with Crippen LogP contribution in [0.15, 0.2) is 11.6 Å². The van der Waals surface area contributed by atoms with Gasteiger partial charge in [0.1, 0.15) is 146 Å². The van der Waals surface area contributed by atoms with Crippen LogP contribution in [0.2, 0.25) is 0 Å². The second-order valence-electron chi connectivity index (χ2n) is 34.0. The number of hydrogen-bond donors (Lipinski definition) is 20. The van der Waals surface area contributed by atoms with Crippen molar-refractivity contribution in [3.05, 3.63) is 11.6 Å². The Morgan fingerprint density at radius 3 is 1.56 bits per heavy atom. The standard InChI is InChI=1S/C71H112O37/c1-24-36(77)39(80)45(86)59(96-24)103-52-26(3)98-63(56(49(52)90)107-60-48(89)44(85)51(25(2)97-60)102-58-50(91)53(29(75)22-95-58)104-61-46(87)40(81)37(78)30(20-72)99-61)108-65(94)71-17-16-66(4,5)18-28(71)27-10-11-33-67(6)14-13-35(68(7,23-74)32(67)12-15-69(33,8)70(27,9)19-34(71)76)101-64-55(43(84)42(83)54(105-64)57(92)93)106-62-47(88)41(82)38(79)31(21-73)100-62/h10,23-26,28-56,58-64,72-73,75-91H,11-22H2,1-9H3,(H,92,93)/t24-,25+,26-,28+,29-,30-,31-,32?,33?,34-,35+,36+,37-,38+,39+,40+,41+,42+,43+,44+,45-,46-,47-,48-,49+,50-,51+,52+,53+,54+,55-,56-,58+,59+,60+,61+,62+,63+,64-,67+,68+,69-,70-,71-/m0/s1. The lowest BCUT2D eigenvalue weighted by Gasteiger charge is -2.71. The number of carbonyl (C=O) groups excluding carboxylic acids is 2. The topological polar surface area (TPSA) is 585 Å². The van der Waals surface area contributed by atoms with Crippen LogP contribution in [0.25, 0.3) is 0 Å². The highest BCUT2D eigenvalue weighted by Crippen LogP contribution is 2.76. The van der Waals surface area contributed by atoms with Gasteiger partial charge in [0.05, 0.1) is 55.8 Å². The Bertz CT molecular complexity index is 3170. The minimum atomic E-state index is -2.14. The Morgan fingerprint density at radius 1 is 0.481 bits per heavy atom. The number of fused-ring (bicyclic) bond motifs is 7. The third kappa shape index (κ3) is 14.3. The minimum Gasteiger partial charge on any atom is -0.479 e. The van der Waals surface area contributed by atoms with Crippen molar-refractivity contribution < 1.29 is 183 Å². The van der Waals surface area contributed by atoms with E-state index < -0.39 is 297 Å². The van der Waals surface area contributed by atoms with E-state index in [9.17, 15) is 112 Å². The fourth-order valence-electron chi connectivity index (χ4n) is 20.5. The van der Waals surface area contributed by atoms with E-state index in [1.54, 1.807) is 6.92 Å². The molecule has 44 atom stereocenters. The molecule has 11 fully saturated rings. The molecule has 37 heteroatoms. The van der Waals surface area contributed by atoms with Crippen molar-refractivity contribution in [3.8, 4) is 0 Å². The van der Waals surface area contributed by atoms with Crippen molar-refractivity contribution in [1.29, 1.82) is 0 Å². The summed E-state index contributed by atoms with van der Waals surface area (Å²) in [7, 11) is 0. The average Bonchev–Trinajstić information content (AvgIpc) is 0.669. The molecule has 0 aromatic heterocycles. The van der Waals surface area contributed by atoms with Crippen molar-refractivity contribution in [2.45, 2.75) is 341 Å². The molecule has 7 heterocycles. The number of ether oxygens (including phenoxy) is 14. The second kappa shape index (κ2) is 31.6. The number of hydrogen-bond acceptors (Lipinski definition) is 36. The maximum Gasteiger partial charge on any atom is 0.335 e. The average molecular weight is 1560 g/mol. The molecule has 37 nitrogen and oxygen atoms in total. The molecule has 5 aliphatic carbocycles. The van der Waals surface area contributed by atoms with Crippen LogP contribution in [0.1, 0.15) is 120 Å². The molecule has 0 spiro atoms. The van der Waals surface area contributed by atoms with E-state index in [1.165, 1.54) is 20.8 Å². The first kappa shape index (κ1) is 84.5. The minimum absolute atomic E-state index is 0.0166. The molecular weight excluding hydrogens is 1440 g/mol. The number of allylic oxidation sites excluding steroid dienone is 2. The van der Waals surface area contributed by atoms with Gasteiger partial charge in [0, 0.05) is 0 Å². The first-order valence-corrected chi connectivity index (χ1v) is 37.5. The van der Waals surface area contributed by atoms with Gasteiger partial charge in [-0.25, -0.2) is 4.79 Å². The molecule has 0 aromatic rings. The molecule has 0 amide bonds. The molecular formula is C71H112O37. The van der Waals surface area contributed by atoms with Crippen molar-refractivity contribution in [3.63, 3.8) is 0 Å². The molecule has 7 aliphatic heterocycles. The van der Waals surface area contributed by atoms with Gasteiger partial charge in [0.2, 0.25) is 6.29 Å². The summed E-state index contributed by atoms with van der Waals surface area (Å²) in [6.45, 7) is 14.1. The first-order valence-electron chi connectivity index (χ1n) is 37.5. The molecule has 0 bridgehead atoms. The van der Waals surface area contributed by atoms with Gasteiger partial charge in [0.25, 0.3) is 0 Å². The zero-order valence-electron chi connectivity index (χ0n) is 61.5. The van der Waals surface area contributed by atoms with Gasteiger partial charge in [-0.2, -0.15) is 0 Å². The summed E-state index contributed by atoms with van der Waals surface area (Å²) in [6.07, 6.45) is -57.9. The molecule has 20 N–H and O–H groups in total. The molecule has 2 unspecified atom stereocenters. The fraction of sp³-hybridized carbons (Fsp3) is 0.930. The molecule has 0 aromatic carbocycles. The lowest BCUT2D eigenvalue weighted by Crippen LogP contribution is -2.69. The number of esters is 1. The predicted molar refractivity (Wildman–Crippen MR) is 353 cm³/mol. The van der Waals surface area contributed by atoms with Crippen molar-refractivity contribution in [2.24, 2.45) is 50.2 Å². The van der Waals surface area contributed by atoms with E-state index in [0.717, 1.165) is 11.9 Å². The van der Waals surface area contributed by atoms with E-state index in [4.69, 9.17) is 66.3 Å². The molecule has 108 heavy (non-hydrogen) atoms. The third-order valence-corrected chi connectivity index (χ3v) is 27.2. The normalized spacial score (nSPS) is 55.3. The van der Waals surface area contributed by atoms with Crippen LogP contribution in [0, 0.1) is 50.2 Å². The summed E-state index contributed by atoms with van der Waals surface area (Å²) < 4.78 is 84.0. The molecule has 12 aliphatic rings. The van der Waals surface area contributed by atoms with E-state index >= 15 is 4.79 Å². The van der Waals surface area contributed by atoms with Gasteiger partial charge in [0.15, 0.2) is 49.9 Å². The number of carboxylic acids is 1. The van der Waals surface area contributed by atoms with E-state index in [-0.39, 0.29) is 25.2 Å². The van der Waals surface area contributed by atoms with Gasteiger partial charge in [-0.1, -0.05) is 53.2 Å².